The molecule has 9 nitrogen and oxygen atoms in total. The molecular weight excluding hydrogens is 455 g/mol. The van der Waals surface area contributed by atoms with Gasteiger partial charge in [-0.15, -0.1) is 0 Å². The second-order valence-electron chi connectivity index (χ2n) is 8.97. The van der Waals surface area contributed by atoms with Crippen molar-refractivity contribution >= 4 is 23.6 Å². The van der Waals surface area contributed by atoms with E-state index in [1.54, 1.807) is 32.7 Å². The number of benzene rings is 1. The first-order chi connectivity index (χ1) is 15.9. The van der Waals surface area contributed by atoms with Crippen molar-refractivity contribution in [2.75, 3.05) is 25.5 Å². The normalized spacial score (nSPS) is 14.6. The largest absolute Gasteiger partial charge is 0.444 e. The molecule has 1 aromatic carbocycles. The highest BCUT2D eigenvalue weighted by Gasteiger charge is 2.32. The Hall–Kier alpha value is -3.57. The number of aromatic nitrogens is 2. The third kappa shape index (κ3) is 5.67. The maximum absolute atomic E-state index is 13.9. The van der Waals surface area contributed by atoms with Gasteiger partial charge in [-0.25, -0.2) is 18.0 Å². The van der Waals surface area contributed by atoms with Crippen molar-refractivity contribution in [2.45, 2.75) is 45.3 Å². The van der Waals surface area contributed by atoms with Crippen LogP contribution >= 0.6 is 0 Å². The monoisotopic (exact) mass is 485 g/mol. The molecule has 1 aromatic heterocycles. The van der Waals surface area contributed by atoms with Crippen molar-refractivity contribution in [1.29, 1.82) is 0 Å². The summed E-state index contributed by atoms with van der Waals surface area (Å²) in [4.78, 5) is 40.7. The van der Waals surface area contributed by atoms with Gasteiger partial charge in [0, 0.05) is 41.2 Å². The Morgan fingerprint density at radius 1 is 1.18 bits per heavy atom. The van der Waals surface area contributed by atoms with Gasteiger partial charge < -0.3 is 19.9 Å². The van der Waals surface area contributed by atoms with Gasteiger partial charge in [-0.1, -0.05) is 0 Å². The molecule has 1 aliphatic heterocycles. The molecule has 0 unspecified atom stereocenters. The first-order valence-electron chi connectivity index (χ1n) is 10.6. The van der Waals surface area contributed by atoms with E-state index in [-0.39, 0.29) is 20.3 Å². The van der Waals surface area contributed by atoms with Crippen molar-refractivity contribution < 1.29 is 35.1 Å². The SMILES string of the molecule is CN(C(=O)c1[nH]ncc1NC(=O)c1c(F)cc(F)cc1F)C1CCN(C(=O)OC(C)(C)C)CC1.[HH].[HH]. The molecule has 0 atom stereocenters. The zero-order valence-corrected chi connectivity index (χ0v) is 19.2. The molecule has 0 radical (unpaired) electrons. The average Bonchev–Trinajstić information content (AvgIpc) is 3.18. The fourth-order valence-electron chi connectivity index (χ4n) is 3.59. The number of aromatic amines is 1. The molecule has 0 aliphatic carbocycles. The van der Waals surface area contributed by atoms with Crippen molar-refractivity contribution in [3.63, 3.8) is 0 Å². The number of nitrogens with one attached hydrogen (secondary N) is 2. The van der Waals surface area contributed by atoms with Crippen LogP contribution in [0.5, 0.6) is 0 Å². The predicted molar refractivity (Wildman–Crippen MR) is 120 cm³/mol. The van der Waals surface area contributed by atoms with Crippen LogP contribution in [-0.4, -0.2) is 69.7 Å². The summed E-state index contributed by atoms with van der Waals surface area (Å²) in [7, 11) is 1.57. The Labute approximate surface area is 197 Å². The standard InChI is InChI=1S/C22H26F3N5O4.2H2/c1-22(2,3)34-21(33)30-7-5-13(6-8-30)29(4)20(32)18-16(11-26-28-18)27-19(31)17-14(24)9-12(23)10-15(17)25;;/h9-11,13H,5-8H2,1-4H3,(H,26,28)(H,27,31);2*1H. The summed E-state index contributed by atoms with van der Waals surface area (Å²) < 4.78 is 46.3. The number of piperidine rings is 1. The molecule has 12 heteroatoms. The van der Waals surface area contributed by atoms with E-state index >= 15 is 0 Å². The molecule has 0 spiro atoms. The molecule has 2 heterocycles. The van der Waals surface area contributed by atoms with Gasteiger partial charge >= 0.3 is 6.09 Å². The topological polar surface area (TPSA) is 108 Å². The quantitative estimate of drug-likeness (QED) is 0.680. The molecule has 1 fully saturated rings. The summed E-state index contributed by atoms with van der Waals surface area (Å²) in [5, 5.41) is 8.47. The van der Waals surface area contributed by atoms with E-state index in [2.05, 4.69) is 15.5 Å². The lowest BCUT2D eigenvalue weighted by atomic mass is 10.0. The number of likely N-dealkylation sites (tertiary alicyclic amines) is 1. The number of rotatable bonds is 4. The molecule has 0 bridgehead atoms. The minimum Gasteiger partial charge on any atom is -0.444 e. The third-order valence-electron chi connectivity index (χ3n) is 5.32. The number of amides is 3. The molecule has 0 saturated carbocycles. The van der Waals surface area contributed by atoms with Gasteiger partial charge in [0.05, 0.1) is 11.9 Å². The Morgan fingerprint density at radius 2 is 1.76 bits per heavy atom. The lowest BCUT2D eigenvalue weighted by Crippen LogP contribution is -2.48. The molecule has 188 valence electrons. The Bertz CT molecular complexity index is 1080. The predicted octanol–water partition coefficient (Wildman–Crippen LogP) is 4.04. The lowest BCUT2D eigenvalue weighted by molar-refractivity contribution is 0.0159. The van der Waals surface area contributed by atoms with E-state index in [1.165, 1.54) is 4.90 Å². The fourth-order valence-corrected chi connectivity index (χ4v) is 3.59. The number of carbonyl (C=O) groups excluding carboxylic acids is 3. The van der Waals surface area contributed by atoms with E-state index in [0.29, 0.717) is 38.1 Å². The van der Waals surface area contributed by atoms with E-state index in [9.17, 15) is 27.6 Å². The minimum absolute atomic E-state index is 0. The molecule has 3 amide bonds. The van der Waals surface area contributed by atoms with Gasteiger partial charge in [-0.2, -0.15) is 5.10 Å². The van der Waals surface area contributed by atoms with Gasteiger partial charge in [0.25, 0.3) is 11.8 Å². The maximum atomic E-state index is 13.9. The third-order valence-corrected chi connectivity index (χ3v) is 5.32. The number of hydrogen-bond donors (Lipinski definition) is 2. The average molecular weight is 486 g/mol. The number of H-pyrrole nitrogens is 1. The van der Waals surface area contributed by atoms with Crippen LogP contribution in [0.1, 0.15) is 57.3 Å². The number of nitrogens with zero attached hydrogens (tertiary/aromatic N) is 3. The van der Waals surface area contributed by atoms with Crippen LogP contribution in [0.3, 0.4) is 0 Å². The highest BCUT2D eigenvalue weighted by atomic mass is 19.1. The van der Waals surface area contributed by atoms with Crippen molar-refractivity contribution in [3.05, 3.63) is 47.0 Å². The summed E-state index contributed by atoms with van der Waals surface area (Å²) >= 11 is 0. The van der Waals surface area contributed by atoms with Crippen LogP contribution < -0.4 is 5.32 Å². The molecule has 2 N–H and O–H groups in total. The second-order valence-corrected chi connectivity index (χ2v) is 8.97. The number of halogens is 3. The highest BCUT2D eigenvalue weighted by molar-refractivity contribution is 6.08. The van der Waals surface area contributed by atoms with Crippen molar-refractivity contribution in [1.82, 2.24) is 20.0 Å². The van der Waals surface area contributed by atoms with E-state index in [0.717, 1.165) is 6.20 Å². The molecule has 1 aliphatic rings. The van der Waals surface area contributed by atoms with Crippen LogP contribution in [0, 0.1) is 17.5 Å². The van der Waals surface area contributed by atoms with Crippen LogP contribution in [0.15, 0.2) is 18.3 Å². The van der Waals surface area contributed by atoms with E-state index < -0.39 is 46.5 Å². The number of ether oxygens (including phenoxy) is 1. The van der Waals surface area contributed by atoms with Crippen LogP contribution in [0.2, 0.25) is 0 Å². The minimum atomic E-state index is -1.37. The van der Waals surface area contributed by atoms with Gasteiger partial charge in [-0.05, 0) is 33.6 Å². The van der Waals surface area contributed by atoms with Crippen LogP contribution in [0.25, 0.3) is 0 Å². The maximum Gasteiger partial charge on any atom is 0.410 e. The van der Waals surface area contributed by atoms with Gasteiger partial charge in [0.15, 0.2) is 0 Å². The molecule has 34 heavy (non-hydrogen) atoms. The van der Waals surface area contributed by atoms with Gasteiger partial charge in [-0.3, -0.25) is 14.7 Å². The molecule has 2 aromatic rings. The number of hydrogen-bond acceptors (Lipinski definition) is 5. The second kappa shape index (κ2) is 9.74. The van der Waals surface area contributed by atoms with Gasteiger partial charge in [0.2, 0.25) is 0 Å². The zero-order valence-electron chi connectivity index (χ0n) is 19.2. The summed E-state index contributed by atoms with van der Waals surface area (Å²) in [6.07, 6.45) is 1.72. The Morgan fingerprint density at radius 3 is 2.32 bits per heavy atom. The number of anilines is 1. The van der Waals surface area contributed by atoms with Crippen LogP contribution in [0.4, 0.5) is 23.7 Å². The summed E-state index contributed by atoms with van der Waals surface area (Å²) in [6.45, 7) is 6.14. The first kappa shape index (κ1) is 25.1. The van der Waals surface area contributed by atoms with Crippen molar-refractivity contribution in [2.24, 2.45) is 0 Å². The van der Waals surface area contributed by atoms with Crippen molar-refractivity contribution in [3.8, 4) is 0 Å². The molecular formula is C22H30F3N5O4. The smallest absolute Gasteiger partial charge is 0.410 e. The molecule has 3 rings (SSSR count). The summed E-state index contributed by atoms with van der Waals surface area (Å²) in [6, 6.07) is 0.568. The first-order valence-corrected chi connectivity index (χ1v) is 10.6. The highest BCUT2D eigenvalue weighted by Crippen LogP contribution is 2.23. The fraction of sp³-hybridized carbons (Fsp3) is 0.455. The summed E-state index contributed by atoms with van der Waals surface area (Å²) in [5.41, 5.74) is -1.77. The Balaban J connectivity index is 0.00000324. The van der Waals surface area contributed by atoms with E-state index in [1.807, 2.05) is 0 Å². The lowest BCUT2D eigenvalue weighted by Gasteiger charge is -2.37. The van der Waals surface area contributed by atoms with Crippen LogP contribution in [-0.2, 0) is 4.74 Å². The number of carbonyl (C=O) groups is 3. The van der Waals surface area contributed by atoms with Gasteiger partial charge in [0.1, 0.15) is 34.3 Å². The summed E-state index contributed by atoms with van der Waals surface area (Å²) in [5.74, 6) is -5.62. The Kier molecular flexibility index (Phi) is 7.18. The van der Waals surface area contributed by atoms with E-state index in [4.69, 9.17) is 4.74 Å². The molecule has 1 saturated heterocycles. The zero-order chi connectivity index (χ0) is 25.2.